The van der Waals surface area contributed by atoms with E-state index in [9.17, 15) is 17.6 Å². The fraction of sp³-hybridized carbons (Fsp3) is 0. The molecule has 0 saturated heterocycles. The Labute approximate surface area is 174 Å². The molecule has 0 spiro atoms. The average Bonchev–Trinajstić information content (AvgIpc) is 3.19. The van der Waals surface area contributed by atoms with E-state index in [0.29, 0.717) is 0 Å². The van der Waals surface area contributed by atoms with Gasteiger partial charge in [0.15, 0.2) is 10.8 Å². The second kappa shape index (κ2) is 7.58. The van der Waals surface area contributed by atoms with Gasteiger partial charge in [-0.25, -0.2) is 18.6 Å². The highest BCUT2D eigenvalue weighted by Gasteiger charge is 2.26. The average molecular weight is 439 g/mol. The highest BCUT2D eigenvalue weighted by atomic mass is 32.2. The molecule has 0 unspecified atom stereocenters. The fourth-order valence-corrected chi connectivity index (χ4v) is 3.93. The Morgan fingerprint density at radius 1 is 1.16 bits per heavy atom. The third-order valence-corrected chi connectivity index (χ3v) is 5.65. The molecule has 0 amide bonds. The third-order valence-electron chi connectivity index (χ3n) is 4.37. The molecule has 0 fully saturated rings. The molecule has 2 N–H and O–H groups in total. The first-order valence-corrected chi connectivity index (χ1v) is 10.1. The SMILES string of the molecule is [C-]#[N+]c1cnc2[nH]cc(C(=O)c3c(F)ccc(NS(=O)(=O)c4ccccn4)c3F)c2c1. The number of H-pyrrole nitrogens is 1. The topological polar surface area (TPSA) is 109 Å². The van der Waals surface area contributed by atoms with Crippen molar-refractivity contribution in [3.63, 3.8) is 0 Å². The van der Waals surface area contributed by atoms with E-state index >= 15 is 4.39 Å². The van der Waals surface area contributed by atoms with Crippen molar-refractivity contribution in [1.29, 1.82) is 0 Å². The predicted octanol–water partition coefficient (Wildman–Crippen LogP) is 3.82. The summed E-state index contributed by atoms with van der Waals surface area (Å²) in [5.74, 6) is -3.59. The number of ketones is 1. The lowest BCUT2D eigenvalue weighted by Gasteiger charge is -2.11. The van der Waals surface area contributed by atoms with E-state index in [2.05, 4.69) is 19.8 Å². The van der Waals surface area contributed by atoms with Crippen molar-refractivity contribution in [2.75, 3.05) is 4.72 Å². The van der Waals surface area contributed by atoms with Gasteiger partial charge in [-0.05, 0) is 30.3 Å². The fourth-order valence-electron chi connectivity index (χ4n) is 2.92. The van der Waals surface area contributed by atoms with Crippen LogP contribution in [-0.4, -0.2) is 29.2 Å². The number of aromatic amines is 1. The zero-order valence-electron chi connectivity index (χ0n) is 15.4. The van der Waals surface area contributed by atoms with Crippen LogP contribution in [0.3, 0.4) is 0 Å². The zero-order valence-corrected chi connectivity index (χ0v) is 16.2. The first-order chi connectivity index (χ1) is 14.8. The quantitative estimate of drug-likeness (QED) is 0.363. The highest BCUT2D eigenvalue weighted by molar-refractivity contribution is 7.92. The van der Waals surface area contributed by atoms with Gasteiger partial charge in [-0.2, -0.15) is 8.42 Å². The van der Waals surface area contributed by atoms with Crippen molar-refractivity contribution in [3.05, 3.63) is 89.2 Å². The van der Waals surface area contributed by atoms with Crippen LogP contribution >= 0.6 is 0 Å². The van der Waals surface area contributed by atoms with Crippen molar-refractivity contribution in [2.24, 2.45) is 0 Å². The van der Waals surface area contributed by atoms with Crippen molar-refractivity contribution < 1.29 is 22.0 Å². The van der Waals surface area contributed by atoms with Gasteiger partial charge in [0.05, 0.1) is 17.8 Å². The minimum absolute atomic E-state index is 0.115. The standard InChI is InChI=1S/C20H11F2N5O3S/c1-23-11-8-12-13(10-26-20(12)25-9-11)19(28)17-14(21)5-6-15(18(17)22)27-31(29,30)16-4-2-3-7-24-16/h2-10,27H,(H,25,26). The molecule has 4 aromatic rings. The molecule has 0 radical (unpaired) electrons. The van der Waals surface area contributed by atoms with Crippen molar-refractivity contribution in [3.8, 4) is 0 Å². The van der Waals surface area contributed by atoms with Gasteiger partial charge in [0, 0.05) is 29.5 Å². The number of rotatable bonds is 5. The summed E-state index contributed by atoms with van der Waals surface area (Å²) in [5.41, 5.74) is -1.29. The van der Waals surface area contributed by atoms with Gasteiger partial charge < -0.3 is 4.98 Å². The number of nitrogens with one attached hydrogen (secondary N) is 2. The maximum atomic E-state index is 15.1. The Balaban J connectivity index is 1.78. The zero-order chi connectivity index (χ0) is 22.2. The Kier molecular flexibility index (Phi) is 4.92. The van der Waals surface area contributed by atoms with Gasteiger partial charge in [-0.3, -0.25) is 14.5 Å². The molecule has 4 rings (SSSR count). The largest absolute Gasteiger partial charge is 0.345 e. The molecule has 0 aliphatic rings. The molecule has 0 bridgehead atoms. The summed E-state index contributed by atoms with van der Waals surface area (Å²) in [6.45, 7) is 7.06. The number of anilines is 1. The Morgan fingerprint density at radius 2 is 1.97 bits per heavy atom. The van der Waals surface area contributed by atoms with Crippen LogP contribution in [0.15, 0.2) is 60.0 Å². The molecule has 11 heteroatoms. The third kappa shape index (κ3) is 3.60. The van der Waals surface area contributed by atoms with E-state index in [1.807, 2.05) is 4.72 Å². The van der Waals surface area contributed by atoms with Gasteiger partial charge in [0.2, 0.25) is 11.5 Å². The maximum absolute atomic E-state index is 15.1. The van der Waals surface area contributed by atoms with Crippen molar-refractivity contribution >= 4 is 38.2 Å². The number of carbonyl (C=O) groups excluding carboxylic acids is 1. The molecule has 1 aromatic carbocycles. The van der Waals surface area contributed by atoms with E-state index in [1.165, 1.54) is 42.9 Å². The van der Waals surface area contributed by atoms with E-state index in [1.54, 1.807) is 0 Å². The van der Waals surface area contributed by atoms with Crippen LogP contribution in [0.4, 0.5) is 20.2 Å². The van der Waals surface area contributed by atoms with Gasteiger partial charge in [0.25, 0.3) is 10.0 Å². The lowest BCUT2D eigenvalue weighted by Crippen LogP contribution is -2.17. The number of hydrogen-bond donors (Lipinski definition) is 2. The molecular formula is C20H11F2N5O3S. The van der Waals surface area contributed by atoms with E-state index in [0.717, 1.165) is 12.1 Å². The predicted molar refractivity (Wildman–Crippen MR) is 107 cm³/mol. The van der Waals surface area contributed by atoms with E-state index in [-0.39, 0.29) is 27.3 Å². The van der Waals surface area contributed by atoms with Crippen LogP contribution in [0.1, 0.15) is 15.9 Å². The monoisotopic (exact) mass is 439 g/mol. The lowest BCUT2D eigenvalue weighted by molar-refractivity contribution is 0.103. The van der Waals surface area contributed by atoms with Crippen LogP contribution < -0.4 is 4.72 Å². The summed E-state index contributed by atoms with van der Waals surface area (Å²) in [7, 11) is -4.27. The first kappa shape index (κ1) is 20.1. The summed E-state index contributed by atoms with van der Waals surface area (Å²) < 4.78 is 56.4. The van der Waals surface area contributed by atoms with E-state index in [4.69, 9.17) is 6.57 Å². The molecule has 0 aliphatic carbocycles. The number of fused-ring (bicyclic) bond motifs is 1. The smallest absolute Gasteiger partial charge is 0.279 e. The van der Waals surface area contributed by atoms with Crippen LogP contribution in [0.2, 0.25) is 0 Å². The van der Waals surface area contributed by atoms with Crippen LogP contribution in [0.25, 0.3) is 15.9 Å². The van der Waals surface area contributed by atoms with Gasteiger partial charge in [-0.1, -0.05) is 6.07 Å². The molecule has 31 heavy (non-hydrogen) atoms. The second-order valence-electron chi connectivity index (χ2n) is 6.29. The first-order valence-electron chi connectivity index (χ1n) is 8.63. The maximum Gasteiger partial charge on any atom is 0.279 e. The molecule has 0 aliphatic heterocycles. The van der Waals surface area contributed by atoms with Gasteiger partial charge >= 0.3 is 0 Å². The molecular weight excluding hydrogens is 428 g/mol. The molecule has 8 nitrogen and oxygen atoms in total. The number of pyridine rings is 2. The number of hydrogen-bond acceptors (Lipinski definition) is 5. The number of aromatic nitrogens is 3. The minimum atomic E-state index is -4.27. The molecule has 3 heterocycles. The van der Waals surface area contributed by atoms with E-state index < -0.39 is 38.7 Å². The van der Waals surface area contributed by atoms with Crippen LogP contribution in [0, 0.1) is 18.2 Å². The molecule has 3 aromatic heterocycles. The molecule has 0 saturated carbocycles. The number of benzene rings is 1. The summed E-state index contributed by atoms with van der Waals surface area (Å²) in [5, 5.41) is -0.169. The van der Waals surface area contributed by atoms with Crippen molar-refractivity contribution in [2.45, 2.75) is 5.03 Å². The Morgan fingerprint density at radius 3 is 2.68 bits per heavy atom. The molecule has 0 atom stereocenters. The number of halogens is 2. The lowest BCUT2D eigenvalue weighted by atomic mass is 10.0. The van der Waals surface area contributed by atoms with Crippen LogP contribution in [-0.2, 0) is 10.0 Å². The van der Waals surface area contributed by atoms with Gasteiger partial charge in [0.1, 0.15) is 11.5 Å². The summed E-state index contributed by atoms with van der Waals surface area (Å²) >= 11 is 0. The number of nitrogens with zero attached hydrogens (tertiary/aromatic N) is 3. The highest BCUT2D eigenvalue weighted by Crippen LogP contribution is 2.29. The normalized spacial score (nSPS) is 11.3. The Hall–Kier alpha value is -4.17. The molecule has 154 valence electrons. The summed E-state index contributed by atoms with van der Waals surface area (Å²) in [4.78, 5) is 26.6. The Bertz CT molecular complexity index is 1480. The number of sulfonamides is 1. The van der Waals surface area contributed by atoms with Gasteiger partial charge in [-0.15, -0.1) is 0 Å². The minimum Gasteiger partial charge on any atom is -0.345 e. The summed E-state index contributed by atoms with van der Waals surface area (Å²) in [6.07, 6.45) is 3.75. The van der Waals surface area contributed by atoms with Crippen molar-refractivity contribution in [1.82, 2.24) is 15.0 Å². The summed E-state index contributed by atoms with van der Waals surface area (Å²) in [6, 6.07) is 7.15. The van der Waals surface area contributed by atoms with Crippen LogP contribution in [0.5, 0.6) is 0 Å². The second-order valence-corrected chi connectivity index (χ2v) is 7.92. The number of carbonyl (C=O) groups is 1.